The highest BCUT2D eigenvalue weighted by Gasteiger charge is 2.29. The van der Waals surface area contributed by atoms with Gasteiger partial charge in [-0.3, -0.25) is 9.69 Å². The van der Waals surface area contributed by atoms with Crippen LogP contribution in [0, 0.1) is 0 Å². The minimum Gasteiger partial charge on any atom is -0.481 e. The number of amides is 1. The molecular weight excluding hydrogens is 430 g/mol. The van der Waals surface area contributed by atoms with Crippen LogP contribution in [0.2, 0.25) is 0 Å². The number of piperazine rings is 1. The highest BCUT2D eigenvalue weighted by atomic mass is 16.5. The second-order valence-corrected chi connectivity index (χ2v) is 9.19. The number of pyridine rings is 1. The van der Waals surface area contributed by atoms with E-state index in [0.29, 0.717) is 11.7 Å². The van der Waals surface area contributed by atoms with Crippen molar-refractivity contribution in [3.05, 3.63) is 41.5 Å². The third-order valence-corrected chi connectivity index (χ3v) is 7.17. The first-order chi connectivity index (χ1) is 16.6. The SMILES string of the molecule is CNC(=O)c1ccc(N2CCN(C3C=C(c4nc(OC)c5c(n4)N(C)CCC5)CC3)CC2)cn1. The lowest BCUT2D eigenvalue weighted by atomic mass is 10.1. The van der Waals surface area contributed by atoms with Gasteiger partial charge in [0.15, 0.2) is 5.82 Å². The van der Waals surface area contributed by atoms with Crippen LogP contribution in [-0.2, 0) is 6.42 Å². The van der Waals surface area contributed by atoms with Crippen LogP contribution in [0.4, 0.5) is 11.5 Å². The zero-order chi connectivity index (χ0) is 23.7. The molecule has 3 aliphatic rings. The Kier molecular flexibility index (Phi) is 6.36. The fraction of sp³-hybridized carbons (Fsp3) is 0.520. The summed E-state index contributed by atoms with van der Waals surface area (Å²) in [6.07, 6.45) is 8.31. The van der Waals surface area contributed by atoms with Crippen LogP contribution in [0.1, 0.15) is 41.1 Å². The number of fused-ring (bicyclic) bond motifs is 1. The highest BCUT2D eigenvalue weighted by Crippen LogP contribution is 2.35. The van der Waals surface area contributed by atoms with Gasteiger partial charge in [-0.1, -0.05) is 6.08 Å². The van der Waals surface area contributed by atoms with Crippen LogP contribution < -0.4 is 19.9 Å². The predicted molar refractivity (Wildman–Crippen MR) is 133 cm³/mol. The molecule has 0 saturated carbocycles. The molecule has 5 rings (SSSR count). The second-order valence-electron chi connectivity index (χ2n) is 9.19. The molecule has 34 heavy (non-hydrogen) atoms. The van der Waals surface area contributed by atoms with Gasteiger partial charge in [-0.05, 0) is 43.4 Å². The van der Waals surface area contributed by atoms with Gasteiger partial charge < -0.3 is 19.9 Å². The third-order valence-electron chi connectivity index (χ3n) is 7.17. The molecular formula is C25H33N7O2. The maximum atomic E-state index is 11.7. The van der Waals surface area contributed by atoms with Crippen molar-refractivity contribution in [3.8, 4) is 5.88 Å². The fourth-order valence-corrected chi connectivity index (χ4v) is 5.22. The first-order valence-corrected chi connectivity index (χ1v) is 12.1. The molecule has 2 aromatic rings. The molecule has 180 valence electrons. The lowest BCUT2D eigenvalue weighted by molar-refractivity contribution is 0.0958. The minimum atomic E-state index is -0.160. The lowest BCUT2D eigenvalue weighted by Crippen LogP contribution is -2.49. The maximum Gasteiger partial charge on any atom is 0.269 e. The number of ether oxygens (including phenoxy) is 1. The van der Waals surface area contributed by atoms with Gasteiger partial charge in [0, 0.05) is 52.9 Å². The van der Waals surface area contributed by atoms with Gasteiger partial charge >= 0.3 is 0 Å². The Labute approximate surface area is 200 Å². The quantitative estimate of drug-likeness (QED) is 0.721. The number of allylic oxidation sites excluding steroid dienone is 1. The van der Waals surface area contributed by atoms with Crippen molar-refractivity contribution >= 4 is 23.0 Å². The van der Waals surface area contributed by atoms with Crippen LogP contribution >= 0.6 is 0 Å². The van der Waals surface area contributed by atoms with Crippen molar-refractivity contribution in [1.82, 2.24) is 25.2 Å². The molecule has 0 spiro atoms. The number of carbonyl (C=O) groups excluding carboxylic acids is 1. The number of rotatable bonds is 5. The molecule has 9 nitrogen and oxygen atoms in total. The average molecular weight is 464 g/mol. The number of hydrogen-bond acceptors (Lipinski definition) is 8. The number of hydrogen-bond donors (Lipinski definition) is 1. The number of aromatic nitrogens is 3. The van der Waals surface area contributed by atoms with E-state index in [1.807, 2.05) is 6.07 Å². The molecule has 0 bridgehead atoms. The monoisotopic (exact) mass is 463 g/mol. The van der Waals surface area contributed by atoms with E-state index in [9.17, 15) is 4.79 Å². The Hall–Kier alpha value is -3.20. The summed E-state index contributed by atoms with van der Waals surface area (Å²) in [5.74, 6) is 2.39. The van der Waals surface area contributed by atoms with Crippen molar-refractivity contribution in [2.24, 2.45) is 0 Å². The van der Waals surface area contributed by atoms with E-state index in [0.717, 1.165) is 87.2 Å². The molecule has 0 radical (unpaired) electrons. The number of methoxy groups -OCH3 is 1. The van der Waals surface area contributed by atoms with Crippen molar-refractivity contribution < 1.29 is 9.53 Å². The van der Waals surface area contributed by atoms with Crippen molar-refractivity contribution in [3.63, 3.8) is 0 Å². The van der Waals surface area contributed by atoms with Crippen LogP contribution in [0.3, 0.4) is 0 Å². The van der Waals surface area contributed by atoms with E-state index in [4.69, 9.17) is 14.7 Å². The Morgan fingerprint density at radius 2 is 1.94 bits per heavy atom. The summed E-state index contributed by atoms with van der Waals surface area (Å²) in [5, 5.41) is 2.61. The summed E-state index contributed by atoms with van der Waals surface area (Å²) >= 11 is 0. The standard InChI is InChI=1S/C25H33N7O2/c1-26-24(33)21-9-8-19(16-27-21)32-13-11-31(12-14-32)18-7-6-17(15-18)22-28-23-20(25(29-22)34-3)5-4-10-30(23)2/h8-9,15-16,18H,4-7,10-14H2,1-3H3,(H,26,33). The Balaban J connectivity index is 1.25. The molecule has 1 saturated heterocycles. The second kappa shape index (κ2) is 9.58. The van der Waals surface area contributed by atoms with E-state index in [2.05, 4.69) is 38.1 Å². The molecule has 1 amide bonds. The molecule has 0 aromatic carbocycles. The molecule has 2 aromatic heterocycles. The van der Waals surface area contributed by atoms with E-state index in [1.54, 1.807) is 26.4 Å². The summed E-state index contributed by atoms with van der Waals surface area (Å²) in [4.78, 5) is 32.9. The maximum absolute atomic E-state index is 11.7. The molecule has 9 heteroatoms. The van der Waals surface area contributed by atoms with Gasteiger partial charge in [0.25, 0.3) is 5.91 Å². The summed E-state index contributed by atoms with van der Waals surface area (Å²) in [6.45, 7) is 4.87. The molecule has 1 atom stereocenters. The normalized spacial score (nSPS) is 20.7. The van der Waals surface area contributed by atoms with E-state index < -0.39 is 0 Å². The number of nitrogens with one attached hydrogen (secondary N) is 1. The number of nitrogens with zero attached hydrogens (tertiary/aromatic N) is 6. The highest BCUT2D eigenvalue weighted by molar-refractivity contribution is 5.92. The van der Waals surface area contributed by atoms with Crippen molar-refractivity contribution in [1.29, 1.82) is 0 Å². The molecule has 1 N–H and O–H groups in total. The number of anilines is 2. The average Bonchev–Trinajstić information content (AvgIpc) is 3.38. The molecule has 2 aliphatic heterocycles. The Morgan fingerprint density at radius 1 is 1.12 bits per heavy atom. The molecule has 4 heterocycles. The van der Waals surface area contributed by atoms with E-state index >= 15 is 0 Å². The predicted octanol–water partition coefficient (Wildman–Crippen LogP) is 1.99. The largest absolute Gasteiger partial charge is 0.481 e. The first kappa shape index (κ1) is 22.6. The van der Waals surface area contributed by atoms with Gasteiger partial charge in [-0.15, -0.1) is 0 Å². The summed E-state index contributed by atoms with van der Waals surface area (Å²) in [7, 11) is 5.42. The van der Waals surface area contributed by atoms with Crippen LogP contribution in [0.25, 0.3) is 5.57 Å². The van der Waals surface area contributed by atoms with Crippen LogP contribution in [-0.4, -0.2) is 85.7 Å². The van der Waals surface area contributed by atoms with Crippen molar-refractivity contribution in [2.75, 3.05) is 63.7 Å². The summed E-state index contributed by atoms with van der Waals surface area (Å²) in [5.41, 5.74) is 3.86. The Bertz CT molecular complexity index is 1080. The summed E-state index contributed by atoms with van der Waals surface area (Å²) in [6, 6.07) is 4.18. The zero-order valence-corrected chi connectivity index (χ0v) is 20.3. The van der Waals surface area contributed by atoms with Crippen LogP contribution in [0.5, 0.6) is 5.88 Å². The first-order valence-electron chi connectivity index (χ1n) is 12.1. The van der Waals surface area contributed by atoms with Gasteiger partial charge in [0.2, 0.25) is 5.88 Å². The van der Waals surface area contributed by atoms with E-state index in [1.165, 1.54) is 5.57 Å². The van der Waals surface area contributed by atoms with Gasteiger partial charge in [-0.2, -0.15) is 4.98 Å². The molecule has 1 aliphatic carbocycles. The number of carbonyl (C=O) groups is 1. The third kappa shape index (κ3) is 4.32. The van der Waals surface area contributed by atoms with Gasteiger partial charge in [-0.25, -0.2) is 9.97 Å². The van der Waals surface area contributed by atoms with E-state index in [-0.39, 0.29) is 5.91 Å². The zero-order valence-electron chi connectivity index (χ0n) is 20.3. The van der Waals surface area contributed by atoms with Crippen LogP contribution in [0.15, 0.2) is 24.4 Å². The molecule has 1 fully saturated rings. The summed E-state index contributed by atoms with van der Waals surface area (Å²) < 4.78 is 5.64. The lowest BCUT2D eigenvalue weighted by Gasteiger charge is -2.38. The van der Waals surface area contributed by atoms with Crippen molar-refractivity contribution in [2.45, 2.75) is 31.7 Å². The van der Waals surface area contributed by atoms with Gasteiger partial charge in [0.1, 0.15) is 11.5 Å². The minimum absolute atomic E-state index is 0.160. The molecule has 1 unspecified atom stereocenters. The van der Waals surface area contributed by atoms with Gasteiger partial charge in [0.05, 0.1) is 24.6 Å². The Morgan fingerprint density at radius 3 is 2.65 bits per heavy atom. The fourth-order valence-electron chi connectivity index (χ4n) is 5.22. The topological polar surface area (TPSA) is 86.7 Å². The smallest absolute Gasteiger partial charge is 0.269 e.